The Morgan fingerprint density at radius 2 is 1.85 bits per heavy atom. The lowest BCUT2D eigenvalue weighted by molar-refractivity contribution is -0.122. The topological polar surface area (TPSA) is 101 Å². The molecule has 0 saturated carbocycles. The Hall–Kier alpha value is -2.12. The van der Waals surface area contributed by atoms with Crippen LogP contribution in [0.4, 0.5) is 11.9 Å². The maximum Gasteiger partial charge on any atom is 0.322 e. The number of carbonyl (C=O) groups is 1. The fourth-order valence-electron chi connectivity index (χ4n) is 1.42. The second-order valence-corrected chi connectivity index (χ2v) is 4.53. The van der Waals surface area contributed by atoms with Gasteiger partial charge in [-0.2, -0.15) is 15.0 Å². The molecule has 3 N–H and O–H groups in total. The first kappa shape index (κ1) is 15.9. The van der Waals surface area contributed by atoms with Gasteiger partial charge in [0.15, 0.2) is 0 Å². The highest BCUT2D eigenvalue weighted by molar-refractivity contribution is 5.83. The minimum absolute atomic E-state index is 0.0805. The predicted octanol–water partition coefficient (Wildman–Crippen LogP) is 0.637. The van der Waals surface area contributed by atoms with E-state index in [2.05, 4.69) is 30.9 Å². The standard InChI is InChI=1S/C12H22N6O2/c1-6-13-10-16-11(18-12(17-10)20-5)15-8(4)9(19)14-7(2)3/h7-8H,6H2,1-5H3,(H,14,19)(H2,13,15,16,17,18). The Morgan fingerprint density at radius 3 is 2.40 bits per heavy atom. The van der Waals surface area contributed by atoms with Gasteiger partial charge in [-0.15, -0.1) is 0 Å². The van der Waals surface area contributed by atoms with Crippen molar-refractivity contribution in [2.24, 2.45) is 0 Å². The van der Waals surface area contributed by atoms with Crippen LogP contribution in [0, 0.1) is 0 Å². The molecule has 0 radical (unpaired) electrons. The highest BCUT2D eigenvalue weighted by Crippen LogP contribution is 2.11. The average Bonchev–Trinajstić information content (AvgIpc) is 2.37. The fraction of sp³-hybridized carbons (Fsp3) is 0.667. The normalized spacial score (nSPS) is 11.9. The van der Waals surface area contributed by atoms with Crippen molar-refractivity contribution >= 4 is 17.8 Å². The Labute approximate surface area is 118 Å². The molecule has 1 aromatic rings. The zero-order chi connectivity index (χ0) is 15.1. The molecule has 1 atom stereocenters. The van der Waals surface area contributed by atoms with Gasteiger partial charge in [0.2, 0.25) is 17.8 Å². The Balaban J connectivity index is 2.80. The van der Waals surface area contributed by atoms with E-state index in [-0.39, 0.29) is 18.0 Å². The first-order valence-electron chi connectivity index (χ1n) is 6.57. The Morgan fingerprint density at radius 1 is 1.20 bits per heavy atom. The van der Waals surface area contributed by atoms with Gasteiger partial charge in [0, 0.05) is 12.6 Å². The molecule has 0 aliphatic heterocycles. The first-order chi connectivity index (χ1) is 9.46. The zero-order valence-corrected chi connectivity index (χ0v) is 12.5. The predicted molar refractivity (Wildman–Crippen MR) is 76.9 cm³/mol. The van der Waals surface area contributed by atoms with Gasteiger partial charge >= 0.3 is 6.01 Å². The maximum absolute atomic E-state index is 11.8. The van der Waals surface area contributed by atoms with E-state index >= 15 is 0 Å². The Bertz CT molecular complexity index is 452. The van der Waals surface area contributed by atoms with E-state index in [1.807, 2.05) is 20.8 Å². The van der Waals surface area contributed by atoms with E-state index in [4.69, 9.17) is 4.74 Å². The van der Waals surface area contributed by atoms with Crippen molar-refractivity contribution < 1.29 is 9.53 Å². The second-order valence-electron chi connectivity index (χ2n) is 4.53. The van der Waals surface area contributed by atoms with Gasteiger partial charge in [-0.1, -0.05) is 0 Å². The zero-order valence-electron chi connectivity index (χ0n) is 12.5. The summed E-state index contributed by atoms with van der Waals surface area (Å²) in [4.78, 5) is 24.1. The monoisotopic (exact) mass is 282 g/mol. The van der Waals surface area contributed by atoms with Crippen molar-refractivity contribution in [2.75, 3.05) is 24.3 Å². The maximum atomic E-state index is 11.8. The first-order valence-corrected chi connectivity index (χ1v) is 6.57. The number of aromatic nitrogens is 3. The molecular weight excluding hydrogens is 260 g/mol. The van der Waals surface area contributed by atoms with Gasteiger partial charge < -0.3 is 20.7 Å². The van der Waals surface area contributed by atoms with Crippen LogP contribution in [0.5, 0.6) is 6.01 Å². The van der Waals surface area contributed by atoms with Crippen molar-refractivity contribution in [1.82, 2.24) is 20.3 Å². The quantitative estimate of drug-likeness (QED) is 0.674. The summed E-state index contributed by atoms with van der Waals surface area (Å²) < 4.78 is 5.01. The molecule has 0 aromatic carbocycles. The van der Waals surface area contributed by atoms with Crippen LogP contribution in [-0.2, 0) is 4.79 Å². The summed E-state index contributed by atoms with van der Waals surface area (Å²) in [6.07, 6.45) is 0. The van der Waals surface area contributed by atoms with Gasteiger partial charge in [-0.3, -0.25) is 4.79 Å². The minimum atomic E-state index is -0.459. The number of anilines is 2. The van der Waals surface area contributed by atoms with E-state index in [1.54, 1.807) is 6.92 Å². The number of nitrogens with zero attached hydrogens (tertiary/aromatic N) is 3. The lowest BCUT2D eigenvalue weighted by atomic mass is 10.3. The molecule has 0 aliphatic carbocycles. The van der Waals surface area contributed by atoms with Crippen LogP contribution in [-0.4, -0.2) is 46.6 Å². The van der Waals surface area contributed by atoms with Crippen LogP contribution < -0.4 is 20.7 Å². The van der Waals surface area contributed by atoms with Crippen LogP contribution in [0.15, 0.2) is 0 Å². The largest absolute Gasteiger partial charge is 0.467 e. The van der Waals surface area contributed by atoms with Crippen molar-refractivity contribution in [2.45, 2.75) is 39.8 Å². The molecule has 20 heavy (non-hydrogen) atoms. The summed E-state index contributed by atoms with van der Waals surface area (Å²) in [5, 5.41) is 8.71. The highest BCUT2D eigenvalue weighted by atomic mass is 16.5. The SMILES string of the molecule is CCNc1nc(NC(C)C(=O)NC(C)C)nc(OC)n1. The smallest absolute Gasteiger partial charge is 0.322 e. The van der Waals surface area contributed by atoms with Crippen molar-refractivity contribution in [3.05, 3.63) is 0 Å². The van der Waals surface area contributed by atoms with Crippen LogP contribution in [0.1, 0.15) is 27.7 Å². The lowest BCUT2D eigenvalue weighted by Gasteiger charge is -2.16. The van der Waals surface area contributed by atoms with Crippen LogP contribution in [0.3, 0.4) is 0 Å². The third kappa shape index (κ3) is 4.87. The minimum Gasteiger partial charge on any atom is -0.467 e. The molecule has 1 amide bonds. The summed E-state index contributed by atoms with van der Waals surface area (Å²) in [5.74, 6) is 0.571. The number of ether oxygens (including phenoxy) is 1. The van der Waals surface area contributed by atoms with Gasteiger partial charge in [0.05, 0.1) is 7.11 Å². The average molecular weight is 282 g/mol. The fourth-order valence-corrected chi connectivity index (χ4v) is 1.42. The number of methoxy groups -OCH3 is 1. The molecule has 112 valence electrons. The summed E-state index contributed by atoms with van der Waals surface area (Å²) in [5.41, 5.74) is 0. The van der Waals surface area contributed by atoms with E-state index in [1.165, 1.54) is 7.11 Å². The molecule has 8 heteroatoms. The van der Waals surface area contributed by atoms with Crippen LogP contribution >= 0.6 is 0 Å². The molecule has 1 aromatic heterocycles. The Kier molecular flexibility index (Phi) is 5.95. The lowest BCUT2D eigenvalue weighted by Crippen LogP contribution is -2.41. The summed E-state index contributed by atoms with van der Waals surface area (Å²) >= 11 is 0. The molecule has 1 unspecified atom stereocenters. The van der Waals surface area contributed by atoms with E-state index in [0.717, 1.165) is 0 Å². The van der Waals surface area contributed by atoms with E-state index in [9.17, 15) is 4.79 Å². The molecule has 0 fully saturated rings. The molecular formula is C12H22N6O2. The number of hydrogen-bond acceptors (Lipinski definition) is 7. The third-order valence-electron chi connectivity index (χ3n) is 2.30. The van der Waals surface area contributed by atoms with E-state index in [0.29, 0.717) is 18.4 Å². The van der Waals surface area contributed by atoms with Crippen LogP contribution in [0.25, 0.3) is 0 Å². The molecule has 0 bridgehead atoms. The molecule has 0 aliphatic rings. The van der Waals surface area contributed by atoms with Gasteiger partial charge in [0.25, 0.3) is 0 Å². The summed E-state index contributed by atoms with van der Waals surface area (Å²) in [7, 11) is 1.48. The third-order valence-corrected chi connectivity index (χ3v) is 2.30. The molecule has 8 nitrogen and oxygen atoms in total. The number of amides is 1. The van der Waals surface area contributed by atoms with Gasteiger partial charge in [-0.05, 0) is 27.7 Å². The number of hydrogen-bond donors (Lipinski definition) is 3. The van der Waals surface area contributed by atoms with Crippen LogP contribution in [0.2, 0.25) is 0 Å². The number of carbonyl (C=O) groups excluding carboxylic acids is 1. The molecule has 1 rings (SSSR count). The molecule has 1 heterocycles. The van der Waals surface area contributed by atoms with Crippen molar-refractivity contribution in [3.63, 3.8) is 0 Å². The number of rotatable bonds is 7. The van der Waals surface area contributed by atoms with Gasteiger partial charge in [0.1, 0.15) is 6.04 Å². The van der Waals surface area contributed by atoms with Gasteiger partial charge in [-0.25, -0.2) is 0 Å². The summed E-state index contributed by atoms with van der Waals surface area (Å²) in [6, 6.07) is -0.189. The molecule has 0 saturated heterocycles. The second kappa shape index (κ2) is 7.46. The highest BCUT2D eigenvalue weighted by Gasteiger charge is 2.16. The number of nitrogens with one attached hydrogen (secondary N) is 3. The summed E-state index contributed by atoms with van der Waals surface area (Å²) in [6.45, 7) is 8.15. The van der Waals surface area contributed by atoms with E-state index < -0.39 is 6.04 Å². The van der Waals surface area contributed by atoms with Crippen molar-refractivity contribution in [3.8, 4) is 6.01 Å². The van der Waals surface area contributed by atoms with Crippen molar-refractivity contribution in [1.29, 1.82) is 0 Å². The molecule has 0 spiro atoms.